The molecule has 10 N–H and O–H groups in total. The maximum atomic E-state index is 13.1. The Labute approximate surface area is 398 Å². The lowest BCUT2D eigenvalue weighted by Crippen LogP contribution is -2.27. The van der Waals surface area contributed by atoms with E-state index < -0.39 is 51.7 Å². The zero-order valence-corrected chi connectivity index (χ0v) is 43.1. The molecular formula is C42H54Br2O18P4. The van der Waals surface area contributed by atoms with Crippen LogP contribution in [0.1, 0.15) is 109 Å². The molecule has 0 aliphatic heterocycles. The summed E-state index contributed by atoms with van der Waals surface area (Å²) in [5, 5.41) is 15.2. The second-order valence-corrected chi connectivity index (χ2v) is 25.4. The van der Waals surface area contributed by atoms with Crippen molar-refractivity contribution in [1.82, 2.24) is 0 Å². The first-order valence-electron chi connectivity index (χ1n) is 20.8. The molecular weight excluding hydrogens is 1080 g/mol. The van der Waals surface area contributed by atoms with Crippen molar-refractivity contribution in [3.8, 4) is 23.0 Å². The molecule has 0 amide bonds. The molecule has 5 rings (SSSR count). The Morgan fingerprint density at radius 1 is 0.409 bits per heavy atom. The first-order valence-corrected chi connectivity index (χ1v) is 28.8. The summed E-state index contributed by atoms with van der Waals surface area (Å²) in [6.07, 6.45) is 1.12. The van der Waals surface area contributed by atoms with Gasteiger partial charge >= 0.3 is 30.4 Å². The van der Waals surface area contributed by atoms with Crippen LogP contribution in [0, 0.1) is 0 Å². The Morgan fingerprint density at radius 3 is 0.758 bits per heavy atom. The quantitative estimate of drug-likeness (QED) is 0.0372. The molecule has 1 aliphatic carbocycles. The fourth-order valence-electron chi connectivity index (χ4n) is 7.76. The summed E-state index contributed by atoms with van der Waals surface area (Å²) < 4.78 is 78.7. The first-order chi connectivity index (χ1) is 30.7. The molecule has 0 unspecified atom stereocenters. The molecule has 18 nitrogen and oxygen atoms in total. The van der Waals surface area contributed by atoms with Crippen molar-refractivity contribution in [1.29, 1.82) is 0 Å². The van der Waals surface area contributed by atoms with Gasteiger partial charge in [0, 0.05) is 68.0 Å². The Hall–Kier alpha value is -2.44. The van der Waals surface area contributed by atoms with E-state index >= 15 is 0 Å². The molecule has 66 heavy (non-hydrogen) atoms. The van der Waals surface area contributed by atoms with Gasteiger partial charge in [-0.3, -0.25) is 18.3 Å². The van der Waals surface area contributed by atoms with E-state index in [4.69, 9.17) is 18.9 Å². The fourth-order valence-corrected chi connectivity index (χ4v) is 13.4. The van der Waals surface area contributed by atoms with Gasteiger partial charge in [0.05, 0.1) is 26.4 Å². The van der Waals surface area contributed by atoms with Crippen molar-refractivity contribution in [2.75, 3.05) is 26.4 Å². The summed E-state index contributed by atoms with van der Waals surface area (Å²) >= 11 is 7.11. The van der Waals surface area contributed by atoms with E-state index in [-0.39, 0.29) is 97.4 Å². The lowest BCUT2D eigenvalue weighted by molar-refractivity contribution is 0.130. The van der Waals surface area contributed by atoms with Crippen LogP contribution in [-0.4, -0.2) is 75.8 Å². The molecule has 4 aromatic carbocycles. The number of rotatable bonds is 18. The summed E-state index contributed by atoms with van der Waals surface area (Å²) in [6.45, 7) is 7.90. The van der Waals surface area contributed by atoms with Crippen LogP contribution in [-0.2, 0) is 54.1 Å². The van der Waals surface area contributed by atoms with Crippen molar-refractivity contribution in [3.63, 3.8) is 0 Å². The zero-order valence-electron chi connectivity index (χ0n) is 36.4. The summed E-state index contributed by atoms with van der Waals surface area (Å²) in [5.41, 5.74) is 0.456. The smallest absolute Gasteiger partial charge is 0.374 e. The lowest BCUT2D eigenvalue weighted by atomic mass is 9.89. The van der Waals surface area contributed by atoms with Gasteiger partial charge in [0.1, 0.15) is 23.0 Å². The Balaban J connectivity index is 2.05. The lowest BCUT2D eigenvalue weighted by Gasteiger charge is -2.31. The molecule has 0 fully saturated rings. The van der Waals surface area contributed by atoms with Crippen LogP contribution in [0.15, 0.2) is 57.5 Å². The highest BCUT2D eigenvalue weighted by molar-refractivity contribution is 9.10. The van der Waals surface area contributed by atoms with Crippen molar-refractivity contribution < 1.29 is 86.6 Å². The third-order valence-corrected chi connectivity index (χ3v) is 18.9. The minimum atomic E-state index is -6.08. The number of benzene rings is 4. The molecule has 0 spiro atoms. The molecule has 24 heteroatoms. The average Bonchev–Trinajstić information content (AvgIpc) is 3.19. The number of fused-ring (bicyclic) bond motifs is 8. The number of halogens is 2. The topological polar surface area (TPSA) is 308 Å². The third kappa shape index (κ3) is 11.3. The minimum absolute atomic E-state index is 0.125. The molecule has 364 valence electrons. The van der Waals surface area contributed by atoms with Crippen LogP contribution < -0.4 is 18.9 Å². The van der Waals surface area contributed by atoms with Gasteiger partial charge in [0.25, 0.3) is 10.2 Å². The van der Waals surface area contributed by atoms with Crippen LogP contribution in [0.4, 0.5) is 0 Å². The maximum Gasteiger partial charge on any atom is 0.374 e. The van der Waals surface area contributed by atoms with Gasteiger partial charge in [-0.15, -0.1) is 0 Å². The number of ether oxygens (including phenoxy) is 4. The van der Waals surface area contributed by atoms with Gasteiger partial charge in [0.15, 0.2) is 0 Å². The molecule has 1 aliphatic rings. The highest BCUT2D eigenvalue weighted by Gasteiger charge is 2.62. The van der Waals surface area contributed by atoms with E-state index in [1.54, 1.807) is 24.3 Å². The van der Waals surface area contributed by atoms with Gasteiger partial charge in [-0.05, 0) is 96.5 Å². The molecule has 0 aromatic heterocycles. The normalized spacial score (nSPS) is 13.9. The summed E-state index contributed by atoms with van der Waals surface area (Å²) in [7, 11) is -24.3. The first kappa shape index (κ1) is 54.5. The zero-order chi connectivity index (χ0) is 49.2. The molecule has 4 aromatic rings. The SMILES string of the molecule is CCCOc1c2cc(Br)cc1Cc1cc(C(O)(P(=O)(O)O)P(=O)(O)O)cc(c1OCCC)Cc1cc(Br)cc(c1OCCC)Cc1cc(C(O)(P(=O)(O)O)P(=O)(O)O)cc(c1OCCC)C2. The van der Waals surface area contributed by atoms with Crippen LogP contribution in [0.25, 0.3) is 0 Å². The van der Waals surface area contributed by atoms with Gasteiger partial charge in [-0.25, -0.2) is 0 Å². The molecule has 8 bridgehead atoms. The number of aliphatic hydroxyl groups is 2. The average molecular weight is 1130 g/mol. The standard InChI is InChI=1S/C42H54Br2O18P4/c1-5-9-59-37-25-13-29-21-35(43)23-31(39(29)61-11-7-3)15-27-19-34(42(46,65(53,54)55)66(56,57)58)20-28(38(27)60-10-6-2)16-32-24-36(44)22-30(40(32)62-12-8-4)14-26(37)18-33(17-25)41(45,63(47,48)49)64(50,51)52/h17-24,45-46H,5-16H2,1-4H3,(H2,47,48,49)(H2,50,51,52)(H2,53,54,55)(H2,56,57,58). The Kier molecular flexibility index (Phi) is 17.6. The summed E-state index contributed by atoms with van der Waals surface area (Å²) in [5.74, 6) is 0.797. The van der Waals surface area contributed by atoms with Gasteiger partial charge < -0.3 is 68.3 Å². The Morgan fingerprint density at radius 2 is 0.591 bits per heavy atom. The van der Waals surface area contributed by atoms with E-state index in [0.29, 0.717) is 56.9 Å². The fraction of sp³-hybridized carbons (Fsp3) is 0.429. The van der Waals surface area contributed by atoms with Gasteiger partial charge in [-0.1, -0.05) is 59.6 Å². The van der Waals surface area contributed by atoms with Gasteiger partial charge in [-0.2, -0.15) is 0 Å². The molecule has 0 radical (unpaired) electrons. The second kappa shape index (κ2) is 21.3. The van der Waals surface area contributed by atoms with Crippen LogP contribution >= 0.6 is 62.2 Å². The van der Waals surface area contributed by atoms with Crippen molar-refractivity contribution in [3.05, 3.63) is 113 Å². The van der Waals surface area contributed by atoms with Crippen molar-refractivity contribution >= 4 is 62.2 Å². The van der Waals surface area contributed by atoms with E-state index in [9.17, 15) is 67.6 Å². The predicted octanol–water partition coefficient (Wildman–Crippen LogP) is 7.96. The third-order valence-electron chi connectivity index (χ3n) is 10.6. The highest BCUT2D eigenvalue weighted by Crippen LogP contribution is 2.74. The van der Waals surface area contributed by atoms with E-state index in [1.807, 2.05) is 27.7 Å². The van der Waals surface area contributed by atoms with Crippen LogP contribution in [0.2, 0.25) is 0 Å². The monoisotopic (exact) mass is 1130 g/mol. The summed E-state index contributed by atoms with van der Waals surface area (Å²) in [6, 6.07) is 10.9. The van der Waals surface area contributed by atoms with Crippen molar-refractivity contribution in [2.24, 2.45) is 0 Å². The molecule has 0 heterocycles. The Bertz CT molecular complexity index is 2320. The van der Waals surface area contributed by atoms with Gasteiger partial charge in [0.2, 0.25) is 0 Å². The summed E-state index contributed by atoms with van der Waals surface area (Å²) in [4.78, 5) is 83.9. The second-order valence-electron chi connectivity index (χ2n) is 15.9. The van der Waals surface area contributed by atoms with E-state index in [2.05, 4.69) is 31.9 Å². The molecule has 0 atom stereocenters. The largest absolute Gasteiger partial charge is 0.493 e. The number of hydrogen-bond donors (Lipinski definition) is 10. The predicted molar refractivity (Wildman–Crippen MR) is 252 cm³/mol. The molecule has 0 saturated heterocycles. The van der Waals surface area contributed by atoms with E-state index in [0.717, 1.165) is 24.3 Å². The minimum Gasteiger partial charge on any atom is -0.493 e. The number of hydrogen-bond acceptors (Lipinski definition) is 10. The molecule has 0 saturated carbocycles. The maximum absolute atomic E-state index is 13.1. The van der Waals surface area contributed by atoms with E-state index in [1.165, 1.54) is 0 Å². The van der Waals surface area contributed by atoms with Crippen molar-refractivity contribution in [2.45, 2.75) is 89.2 Å². The van der Waals surface area contributed by atoms with Crippen LogP contribution in [0.5, 0.6) is 23.0 Å². The highest BCUT2D eigenvalue weighted by atomic mass is 79.9. The van der Waals surface area contributed by atoms with Crippen LogP contribution in [0.3, 0.4) is 0 Å².